The zero-order chi connectivity index (χ0) is 18.7. The van der Waals surface area contributed by atoms with Gasteiger partial charge in [-0.1, -0.05) is 35.5 Å². The molecule has 0 aliphatic carbocycles. The smallest absolute Gasteiger partial charge is 0.325 e. The Labute approximate surface area is 155 Å². The molecule has 1 heterocycles. The Kier molecular flexibility index (Phi) is 5.27. The molecule has 0 unspecified atom stereocenters. The van der Waals surface area contributed by atoms with Crippen LogP contribution in [0.15, 0.2) is 41.6 Å². The molecule has 7 heteroatoms. The van der Waals surface area contributed by atoms with Crippen molar-refractivity contribution in [3.63, 3.8) is 0 Å². The van der Waals surface area contributed by atoms with Crippen LogP contribution in [0.3, 0.4) is 0 Å². The Morgan fingerprint density at radius 3 is 2.58 bits per heavy atom. The quantitative estimate of drug-likeness (QED) is 0.609. The molecule has 0 aliphatic rings. The number of nitrogens with zero attached hydrogens (tertiary/aromatic N) is 1. The Morgan fingerprint density at radius 2 is 1.81 bits per heavy atom. The van der Waals surface area contributed by atoms with Gasteiger partial charge < -0.3 is 10.3 Å². The Hall–Kier alpha value is -2.80. The van der Waals surface area contributed by atoms with E-state index in [0.717, 1.165) is 27.7 Å². The van der Waals surface area contributed by atoms with Crippen molar-refractivity contribution < 1.29 is 9.59 Å². The first-order chi connectivity index (χ1) is 12.4. The lowest BCUT2D eigenvalue weighted by Crippen LogP contribution is -2.35. The highest BCUT2D eigenvalue weighted by molar-refractivity contribution is 7.99. The molecule has 0 atom stereocenters. The summed E-state index contributed by atoms with van der Waals surface area (Å²) in [6.45, 7) is 5.90. The van der Waals surface area contributed by atoms with Gasteiger partial charge in [-0.15, -0.1) is 0 Å². The first-order valence-electron chi connectivity index (χ1n) is 8.18. The molecule has 3 aromatic rings. The molecule has 3 rings (SSSR count). The van der Waals surface area contributed by atoms with Crippen molar-refractivity contribution in [2.24, 2.45) is 0 Å². The number of benzene rings is 2. The van der Waals surface area contributed by atoms with Gasteiger partial charge in [-0.25, -0.2) is 9.78 Å². The molecule has 0 aliphatic heterocycles. The third-order valence-electron chi connectivity index (χ3n) is 3.84. The Morgan fingerprint density at radius 1 is 1.08 bits per heavy atom. The van der Waals surface area contributed by atoms with Gasteiger partial charge in [-0.2, -0.15) is 0 Å². The summed E-state index contributed by atoms with van der Waals surface area (Å²) in [6.07, 6.45) is 0. The summed E-state index contributed by atoms with van der Waals surface area (Å²) in [4.78, 5) is 31.6. The number of urea groups is 1. The number of carbonyl (C=O) groups is 2. The van der Waals surface area contributed by atoms with Gasteiger partial charge in [0.2, 0.25) is 5.91 Å². The molecule has 26 heavy (non-hydrogen) atoms. The number of aryl methyl sites for hydroxylation is 3. The number of thioether (sulfide) groups is 1. The molecule has 134 valence electrons. The second kappa shape index (κ2) is 7.61. The van der Waals surface area contributed by atoms with E-state index in [1.807, 2.05) is 57.2 Å². The first-order valence-corrected chi connectivity index (χ1v) is 9.16. The SMILES string of the molecule is Cc1ccc(NC(=O)NC(=O)CSc2nc3ccc(C)cc3[nH]2)c(C)c1. The van der Waals surface area contributed by atoms with E-state index in [0.29, 0.717) is 10.8 Å². The van der Waals surface area contributed by atoms with E-state index in [2.05, 4.69) is 20.6 Å². The van der Waals surface area contributed by atoms with E-state index in [1.165, 1.54) is 11.8 Å². The van der Waals surface area contributed by atoms with Gasteiger partial charge in [0.25, 0.3) is 0 Å². The zero-order valence-electron chi connectivity index (χ0n) is 14.8. The molecular weight excluding hydrogens is 348 g/mol. The molecule has 3 amide bonds. The zero-order valence-corrected chi connectivity index (χ0v) is 15.7. The van der Waals surface area contributed by atoms with Crippen molar-refractivity contribution in [3.05, 3.63) is 53.1 Å². The number of hydrogen-bond donors (Lipinski definition) is 3. The number of aromatic nitrogens is 2. The predicted molar refractivity (Wildman–Crippen MR) is 105 cm³/mol. The van der Waals surface area contributed by atoms with Crippen LogP contribution < -0.4 is 10.6 Å². The van der Waals surface area contributed by atoms with Crippen molar-refractivity contribution in [2.45, 2.75) is 25.9 Å². The topological polar surface area (TPSA) is 86.9 Å². The number of nitrogens with one attached hydrogen (secondary N) is 3. The minimum Gasteiger partial charge on any atom is -0.333 e. The largest absolute Gasteiger partial charge is 0.333 e. The van der Waals surface area contributed by atoms with Crippen LogP contribution in [0.1, 0.15) is 16.7 Å². The number of amides is 3. The fraction of sp³-hybridized carbons (Fsp3) is 0.211. The molecular formula is C19H20N4O2S. The highest BCUT2D eigenvalue weighted by atomic mass is 32.2. The fourth-order valence-corrected chi connectivity index (χ4v) is 3.26. The van der Waals surface area contributed by atoms with Gasteiger partial charge in [-0.05, 0) is 50.1 Å². The monoisotopic (exact) mass is 368 g/mol. The molecule has 0 fully saturated rings. The molecule has 0 saturated carbocycles. The number of carbonyl (C=O) groups excluding carboxylic acids is 2. The van der Waals surface area contributed by atoms with E-state index < -0.39 is 6.03 Å². The van der Waals surface area contributed by atoms with Gasteiger partial charge in [0.05, 0.1) is 16.8 Å². The standard InChI is InChI=1S/C19H20N4O2S/c1-11-4-6-14(13(3)8-11)20-18(25)23-17(24)10-26-19-21-15-7-5-12(2)9-16(15)22-19/h4-9H,10H2,1-3H3,(H,21,22)(H2,20,23,24,25). The van der Waals surface area contributed by atoms with Gasteiger partial charge in [0.1, 0.15) is 0 Å². The number of imide groups is 1. The molecule has 0 radical (unpaired) electrons. The minimum absolute atomic E-state index is 0.0963. The summed E-state index contributed by atoms with van der Waals surface area (Å²) in [7, 11) is 0. The third kappa shape index (κ3) is 4.43. The fourth-order valence-electron chi connectivity index (χ4n) is 2.57. The van der Waals surface area contributed by atoms with Crippen LogP contribution in [0, 0.1) is 20.8 Å². The molecule has 0 saturated heterocycles. The third-order valence-corrected chi connectivity index (χ3v) is 4.71. The second-order valence-corrected chi connectivity index (χ2v) is 7.14. The Bertz CT molecular complexity index is 981. The number of hydrogen-bond acceptors (Lipinski definition) is 4. The van der Waals surface area contributed by atoms with E-state index >= 15 is 0 Å². The van der Waals surface area contributed by atoms with Crippen molar-refractivity contribution in [1.82, 2.24) is 15.3 Å². The van der Waals surface area contributed by atoms with Crippen LogP contribution in [-0.4, -0.2) is 27.7 Å². The lowest BCUT2D eigenvalue weighted by atomic mass is 10.1. The van der Waals surface area contributed by atoms with Gasteiger partial charge in [0.15, 0.2) is 5.16 Å². The molecule has 0 spiro atoms. The van der Waals surface area contributed by atoms with E-state index in [4.69, 9.17) is 0 Å². The van der Waals surface area contributed by atoms with Gasteiger partial charge in [0, 0.05) is 5.69 Å². The van der Waals surface area contributed by atoms with Crippen molar-refractivity contribution in [3.8, 4) is 0 Å². The van der Waals surface area contributed by atoms with Crippen LogP contribution in [0.2, 0.25) is 0 Å². The minimum atomic E-state index is -0.539. The first kappa shape index (κ1) is 18.0. The van der Waals surface area contributed by atoms with Crippen LogP contribution in [0.25, 0.3) is 11.0 Å². The van der Waals surface area contributed by atoms with E-state index in [9.17, 15) is 9.59 Å². The summed E-state index contributed by atoms with van der Waals surface area (Å²) >= 11 is 1.25. The van der Waals surface area contributed by atoms with Crippen LogP contribution in [0.5, 0.6) is 0 Å². The normalized spacial score (nSPS) is 10.7. The average Bonchev–Trinajstić information content (AvgIpc) is 2.97. The van der Waals surface area contributed by atoms with Crippen LogP contribution >= 0.6 is 11.8 Å². The van der Waals surface area contributed by atoms with E-state index in [-0.39, 0.29) is 11.7 Å². The van der Waals surface area contributed by atoms with Crippen molar-refractivity contribution in [2.75, 3.05) is 11.1 Å². The average molecular weight is 368 g/mol. The number of anilines is 1. The number of rotatable bonds is 4. The van der Waals surface area contributed by atoms with Gasteiger partial charge in [-0.3, -0.25) is 10.1 Å². The molecule has 6 nitrogen and oxygen atoms in total. The Balaban J connectivity index is 1.53. The maximum atomic E-state index is 12.0. The number of aromatic amines is 1. The lowest BCUT2D eigenvalue weighted by molar-refractivity contribution is -0.117. The van der Waals surface area contributed by atoms with Crippen LogP contribution in [0.4, 0.5) is 10.5 Å². The number of imidazole rings is 1. The maximum absolute atomic E-state index is 12.0. The summed E-state index contributed by atoms with van der Waals surface area (Å²) in [5, 5.41) is 5.67. The summed E-state index contributed by atoms with van der Waals surface area (Å²) in [5.41, 5.74) is 5.66. The van der Waals surface area contributed by atoms with Crippen molar-refractivity contribution in [1.29, 1.82) is 0 Å². The highest BCUT2D eigenvalue weighted by Gasteiger charge is 2.11. The predicted octanol–water partition coefficient (Wildman–Crippen LogP) is 3.93. The van der Waals surface area contributed by atoms with Gasteiger partial charge >= 0.3 is 6.03 Å². The molecule has 1 aromatic heterocycles. The summed E-state index contributed by atoms with van der Waals surface area (Å²) in [6, 6.07) is 11.1. The number of fused-ring (bicyclic) bond motifs is 1. The summed E-state index contributed by atoms with van der Waals surface area (Å²) in [5.74, 6) is -0.284. The number of H-pyrrole nitrogens is 1. The molecule has 3 N–H and O–H groups in total. The van der Waals surface area contributed by atoms with Crippen molar-refractivity contribution >= 4 is 40.4 Å². The summed E-state index contributed by atoms with van der Waals surface area (Å²) < 4.78 is 0. The molecule has 2 aromatic carbocycles. The van der Waals surface area contributed by atoms with E-state index in [1.54, 1.807) is 0 Å². The lowest BCUT2D eigenvalue weighted by Gasteiger charge is -2.09. The highest BCUT2D eigenvalue weighted by Crippen LogP contribution is 2.20. The maximum Gasteiger partial charge on any atom is 0.325 e. The second-order valence-electron chi connectivity index (χ2n) is 6.17. The molecule has 0 bridgehead atoms. The van der Waals surface area contributed by atoms with Crippen LogP contribution in [-0.2, 0) is 4.79 Å².